The van der Waals surface area contributed by atoms with Gasteiger partial charge in [-0.3, -0.25) is 9.59 Å². The van der Waals surface area contributed by atoms with Gasteiger partial charge in [0.1, 0.15) is 0 Å². The Hall–Kier alpha value is -1.84. The van der Waals surface area contributed by atoms with Crippen LogP contribution in [0.15, 0.2) is 18.2 Å². The lowest BCUT2D eigenvalue weighted by atomic mass is 10.1. The average Bonchev–Trinajstić information content (AvgIpc) is 2.98. The molecule has 0 bridgehead atoms. The van der Waals surface area contributed by atoms with Gasteiger partial charge in [-0.25, -0.2) is 0 Å². The Kier molecular flexibility index (Phi) is 3.47. The standard InChI is InChI=1S/C16H19NO3/c1-10-7-14(10)16(19)20-9-15(18)17-13-6-5-11-3-2-4-12(11)8-13/h5-6,8,10,14H,2-4,7,9H2,1H3,(H,17,18)/t10-,14-/m0/s1. The molecule has 2 atom stereocenters. The Morgan fingerprint density at radius 2 is 2.05 bits per heavy atom. The summed E-state index contributed by atoms with van der Waals surface area (Å²) in [4.78, 5) is 23.3. The number of esters is 1. The van der Waals surface area contributed by atoms with Crippen LogP contribution in [0.1, 0.15) is 30.9 Å². The summed E-state index contributed by atoms with van der Waals surface area (Å²) in [7, 11) is 0. The number of hydrogen-bond donors (Lipinski definition) is 1. The van der Waals surface area contributed by atoms with Crippen molar-refractivity contribution >= 4 is 17.6 Å². The summed E-state index contributed by atoms with van der Waals surface area (Å²) in [6.45, 7) is 1.82. The zero-order valence-electron chi connectivity index (χ0n) is 11.6. The highest BCUT2D eigenvalue weighted by molar-refractivity contribution is 5.93. The normalized spacial score (nSPS) is 23.1. The van der Waals surface area contributed by atoms with E-state index in [0.717, 1.165) is 24.9 Å². The fourth-order valence-corrected chi connectivity index (χ4v) is 2.74. The third kappa shape index (κ3) is 2.84. The first kappa shape index (κ1) is 13.2. The number of hydrogen-bond acceptors (Lipinski definition) is 3. The maximum Gasteiger partial charge on any atom is 0.309 e. The number of carbonyl (C=O) groups is 2. The van der Waals surface area contributed by atoms with Crippen molar-refractivity contribution in [3.05, 3.63) is 29.3 Å². The second-order valence-electron chi connectivity index (χ2n) is 5.81. The first-order valence-electron chi connectivity index (χ1n) is 7.22. The molecule has 4 nitrogen and oxygen atoms in total. The summed E-state index contributed by atoms with van der Waals surface area (Å²) < 4.78 is 5.01. The molecule has 1 fully saturated rings. The topological polar surface area (TPSA) is 55.4 Å². The summed E-state index contributed by atoms with van der Waals surface area (Å²) in [5, 5.41) is 2.78. The van der Waals surface area contributed by atoms with E-state index in [1.807, 2.05) is 19.1 Å². The summed E-state index contributed by atoms with van der Waals surface area (Å²) in [6, 6.07) is 5.99. The smallest absolute Gasteiger partial charge is 0.309 e. The van der Waals surface area contributed by atoms with Gasteiger partial charge in [0, 0.05) is 5.69 Å². The lowest BCUT2D eigenvalue weighted by Gasteiger charge is -2.08. The molecule has 0 aliphatic heterocycles. The second kappa shape index (κ2) is 5.27. The molecule has 0 radical (unpaired) electrons. The van der Waals surface area contributed by atoms with Crippen molar-refractivity contribution in [2.24, 2.45) is 11.8 Å². The van der Waals surface area contributed by atoms with Crippen LogP contribution >= 0.6 is 0 Å². The van der Waals surface area contributed by atoms with Gasteiger partial charge in [-0.2, -0.15) is 0 Å². The van der Waals surface area contributed by atoms with E-state index < -0.39 is 0 Å². The van der Waals surface area contributed by atoms with Crippen LogP contribution in [0.3, 0.4) is 0 Å². The lowest BCUT2D eigenvalue weighted by Crippen LogP contribution is -2.21. The van der Waals surface area contributed by atoms with Crippen molar-refractivity contribution in [3.8, 4) is 0 Å². The quantitative estimate of drug-likeness (QED) is 0.856. The largest absolute Gasteiger partial charge is 0.455 e. The molecular formula is C16H19NO3. The van der Waals surface area contributed by atoms with E-state index in [0.29, 0.717) is 5.92 Å². The van der Waals surface area contributed by atoms with Crippen LogP contribution < -0.4 is 5.32 Å². The monoisotopic (exact) mass is 273 g/mol. The molecule has 3 rings (SSSR count). The van der Waals surface area contributed by atoms with Crippen LogP contribution in [0.25, 0.3) is 0 Å². The van der Waals surface area contributed by atoms with Crippen molar-refractivity contribution in [3.63, 3.8) is 0 Å². The van der Waals surface area contributed by atoms with E-state index >= 15 is 0 Å². The summed E-state index contributed by atoms with van der Waals surface area (Å²) >= 11 is 0. The van der Waals surface area contributed by atoms with Crippen molar-refractivity contribution < 1.29 is 14.3 Å². The van der Waals surface area contributed by atoms with E-state index in [9.17, 15) is 9.59 Å². The Bertz CT molecular complexity index is 553. The molecule has 0 spiro atoms. The minimum atomic E-state index is -0.274. The van der Waals surface area contributed by atoms with E-state index in [4.69, 9.17) is 4.74 Å². The molecule has 1 saturated carbocycles. The first-order chi connectivity index (χ1) is 9.63. The second-order valence-corrected chi connectivity index (χ2v) is 5.81. The number of benzene rings is 1. The number of amides is 1. The highest BCUT2D eigenvalue weighted by Gasteiger charge is 2.40. The van der Waals surface area contributed by atoms with Crippen LogP contribution in [0.4, 0.5) is 5.69 Å². The number of ether oxygens (including phenoxy) is 1. The summed E-state index contributed by atoms with van der Waals surface area (Å²) in [6.07, 6.45) is 4.27. The molecule has 0 heterocycles. The van der Waals surface area contributed by atoms with Crippen LogP contribution in [-0.2, 0) is 27.2 Å². The van der Waals surface area contributed by atoms with Crippen LogP contribution in [0.2, 0.25) is 0 Å². The number of fused-ring (bicyclic) bond motifs is 1. The number of nitrogens with one attached hydrogen (secondary N) is 1. The van der Waals surface area contributed by atoms with Crippen LogP contribution in [0, 0.1) is 11.8 Å². The van der Waals surface area contributed by atoms with Crippen LogP contribution in [0.5, 0.6) is 0 Å². The van der Waals surface area contributed by atoms with Gasteiger partial charge in [-0.1, -0.05) is 13.0 Å². The highest BCUT2D eigenvalue weighted by Crippen LogP contribution is 2.38. The van der Waals surface area contributed by atoms with Gasteiger partial charge in [0.2, 0.25) is 0 Å². The zero-order chi connectivity index (χ0) is 14.1. The lowest BCUT2D eigenvalue weighted by molar-refractivity contribution is -0.148. The SMILES string of the molecule is C[C@H]1C[C@@H]1C(=O)OCC(=O)Nc1ccc2c(c1)CCC2. The predicted molar refractivity (Wildman–Crippen MR) is 75.3 cm³/mol. The molecule has 0 aromatic heterocycles. The van der Waals surface area contributed by atoms with Crippen molar-refractivity contribution in [1.29, 1.82) is 0 Å². The van der Waals surface area contributed by atoms with Gasteiger partial charge in [0.05, 0.1) is 5.92 Å². The van der Waals surface area contributed by atoms with Gasteiger partial charge in [0.15, 0.2) is 6.61 Å². The van der Waals surface area contributed by atoms with Gasteiger partial charge >= 0.3 is 5.97 Å². The Morgan fingerprint density at radius 1 is 1.30 bits per heavy atom. The van der Waals surface area contributed by atoms with E-state index in [1.54, 1.807) is 0 Å². The van der Waals surface area contributed by atoms with E-state index in [2.05, 4.69) is 11.4 Å². The number of aryl methyl sites for hydroxylation is 2. The van der Waals surface area contributed by atoms with Crippen molar-refractivity contribution in [1.82, 2.24) is 0 Å². The summed E-state index contributed by atoms with van der Waals surface area (Å²) in [5.74, 6) is -0.115. The van der Waals surface area contributed by atoms with Crippen molar-refractivity contribution in [2.75, 3.05) is 11.9 Å². The molecular weight excluding hydrogens is 254 g/mol. The number of anilines is 1. The first-order valence-corrected chi connectivity index (χ1v) is 7.22. The molecule has 4 heteroatoms. The molecule has 1 aromatic carbocycles. The maximum absolute atomic E-state index is 11.8. The van der Waals surface area contributed by atoms with Gasteiger partial charge < -0.3 is 10.1 Å². The fraction of sp³-hybridized carbons (Fsp3) is 0.500. The molecule has 106 valence electrons. The van der Waals surface area contributed by atoms with Gasteiger partial charge in [-0.15, -0.1) is 0 Å². The Balaban J connectivity index is 1.50. The third-order valence-electron chi connectivity index (χ3n) is 4.14. The fourth-order valence-electron chi connectivity index (χ4n) is 2.74. The zero-order valence-corrected chi connectivity index (χ0v) is 11.6. The van der Waals surface area contributed by atoms with E-state index in [1.165, 1.54) is 17.5 Å². The van der Waals surface area contributed by atoms with Crippen LogP contribution in [-0.4, -0.2) is 18.5 Å². The Labute approximate surface area is 118 Å². The highest BCUT2D eigenvalue weighted by atomic mass is 16.5. The third-order valence-corrected chi connectivity index (χ3v) is 4.14. The average molecular weight is 273 g/mol. The van der Waals surface area contributed by atoms with Gasteiger partial charge in [0.25, 0.3) is 5.91 Å². The number of rotatable bonds is 4. The van der Waals surface area contributed by atoms with Crippen molar-refractivity contribution in [2.45, 2.75) is 32.6 Å². The van der Waals surface area contributed by atoms with E-state index in [-0.39, 0.29) is 24.4 Å². The Morgan fingerprint density at radius 3 is 2.80 bits per heavy atom. The minimum Gasteiger partial charge on any atom is -0.455 e. The molecule has 1 amide bonds. The molecule has 1 aromatic rings. The molecule has 1 N–H and O–H groups in total. The minimum absolute atomic E-state index is 0.00259. The molecule has 0 saturated heterocycles. The van der Waals surface area contributed by atoms with Gasteiger partial charge in [-0.05, 0) is 54.9 Å². The summed E-state index contributed by atoms with van der Waals surface area (Å²) in [5.41, 5.74) is 3.47. The molecule has 2 aliphatic carbocycles. The maximum atomic E-state index is 11.8. The number of carbonyl (C=O) groups excluding carboxylic acids is 2. The molecule has 2 aliphatic rings. The predicted octanol–water partition coefficient (Wildman–Crippen LogP) is 2.31. The molecule has 20 heavy (non-hydrogen) atoms. The molecule has 0 unspecified atom stereocenters.